The van der Waals surface area contributed by atoms with E-state index in [1.807, 2.05) is 0 Å². The molecule has 3 aromatic rings. The van der Waals surface area contributed by atoms with Gasteiger partial charge in [0, 0.05) is 35.9 Å². The quantitative estimate of drug-likeness (QED) is 0.574. The number of hydrogen-bond donors (Lipinski definition) is 2. The molecule has 1 aliphatic heterocycles. The highest BCUT2D eigenvalue weighted by Crippen LogP contribution is 2.23. The molecular formula is C22H22N4O4S2. The van der Waals surface area contributed by atoms with Gasteiger partial charge in [0.05, 0.1) is 10.8 Å². The molecule has 1 saturated heterocycles. The maximum absolute atomic E-state index is 13.1. The molecule has 2 aromatic carbocycles. The molecule has 166 valence electrons. The number of nitrogens with one attached hydrogen (secondary N) is 2. The van der Waals surface area contributed by atoms with Crippen LogP contribution in [0.25, 0.3) is 0 Å². The molecule has 1 aromatic heterocycles. The number of hydrogen-bond acceptors (Lipinski definition) is 6. The van der Waals surface area contributed by atoms with Gasteiger partial charge in [0.15, 0.2) is 5.13 Å². The van der Waals surface area contributed by atoms with Gasteiger partial charge < -0.3 is 10.2 Å². The fourth-order valence-electron chi connectivity index (χ4n) is 3.58. The van der Waals surface area contributed by atoms with Gasteiger partial charge in [0.25, 0.3) is 15.9 Å². The topological polar surface area (TPSA) is 108 Å². The van der Waals surface area contributed by atoms with Gasteiger partial charge in [-0.2, -0.15) is 0 Å². The number of benzene rings is 2. The Morgan fingerprint density at radius 2 is 1.91 bits per heavy atom. The third-order valence-corrected chi connectivity index (χ3v) is 7.24. The number of anilines is 2. The first-order chi connectivity index (χ1) is 15.4. The summed E-state index contributed by atoms with van der Waals surface area (Å²) in [5.74, 6) is -0.712. The number of sulfonamides is 1. The number of amides is 2. The van der Waals surface area contributed by atoms with Gasteiger partial charge in [-0.3, -0.25) is 14.3 Å². The summed E-state index contributed by atoms with van der Waals surface area (Å²) in [6, 6.07) is 14.4. The molecule has 0 saturated carbocycles. The van der Waals surface area contributed by atoms with E-state index in [0.29, 0.717) is 42.3 Å². The van der Waals surface area contributed by atoms with Crippen molar-refractivity contribution in [3.05, 3.63) is 71.7 Å². The molecule has 0 aliphatic carbocycles. The van der Waals surface area contributed by atoms with E-state index in [1.54, 1.807) is 52.9 Å². The lowest BCUT2D eigenvalue weighted by molar-refractivity contribution is -0.121. The van der Waals surface area contributed by atoms with Crippen LogP contribution in [0, 0.1) is 5.92 Å². The maximum atomic E-state index is 13.1. The van der Waals surface area contributed by atoms with Crippen LogP contribution in [-0.2, 0) is 14.8 Å². The second kappa shape index (κ2) is 9.49. The standard InChI is InChI=1S/C22H22N4O4S2/c27-20(24-22-23-11-13-31-22)17-7-5-12-26(15-17)21(28)16-6-4-8-18(14-16)25-32(29,30)19-9-2-1-3-10-19/h1-4,6,8-11,13-14,17,25H,5,7,12,15H2,(H,23,24,27). The van der Waals surface area contributed by atoms with Crippen molar-refractivity contribution in [1.29, 1.82) is 0 Å². The molecule has 1 unspecified atom stereocenters. The Morgan fingerprint density at radius 1 is 1.09 bits per heavy atom. The average molecular weight is 471 g/mol. The van der Waals surface area contributed by atoms with Gasteiger partial charge in [0.2, 0.25) is 5.91 Å². The van der Waals surface area contributed by atoms with E-state index in [9.17, 15) is 18.0 Å². The lowest BCUT2D eigenvalue weighted by Gasteiger charge is -2.32. The Labute approximate surface area is 190 Å². The van der Waals surface area contributed by atoms with Gasteiger partial charge in [-0.05, 0) is 43.2 Å². The fourth-order valence-corrected chi connectivity index (χ4v) is 5.18. The molecule has 2 heterocycles. The minimum Gasteiger partial charge on any atom is -0.338 e. The second-order valence-corrected chi connectivity index (χ2v) is 9.99. The van der Waals surface area contributed by atoms with E-state index < -0.39 is 10.0 Å². The number of piperidine rings is 1. The zero-order valence-electron chi connectivity index (χ0n) is 17.1. The average Bonchev–Trinajstić information content (AvgIpc) is 3.32. The molecule has 4 rings (SSSR count). The Morgan fingerprint density at radius 3 is 2.66 bits per heavy atom. The van der Waals surface area contributed by atoms with Crippen molar-refractivity contribution in [2.75, 3.05) is 23.1 Å². The Hall–Kier alpha value is -3.24. The Bertz CT molecular complexity index is 1200. The smallest absolute Gasteiger partial charge is 0.261 e. The summed E-state index contributed by atoms with van der Waals surface area (Å²) in [6.45, 7) is 0.843. The molecule has 0 bridgehead atoms. The molecule has 1 aliphatic rings. The van der Waals surface area contributed by atoms with E-state index in [2.05, 4.69) is 15.0 Å². The summed E-state index contributed by atoms with van der Waals surface area (Å²) in [5, 5.41) is 5.12. The zero-order chi connectivity index (χ0) is 22.6. The molecule has 0 spiro atoms. The van der Waals surface area contributed by atoms with Gasteiger partial charge in [-0.1, -0.05) is 24.3 Å². The molecule has 32 heavy (non-hydrogen) atoms. The SMILES string of the molecule is O=C(Nc1nccs1)C1CCCN(C(=O)c2cccc(NS(=O)(=O)c3ccccc3)c2)C1. The first-order valence-electron chi connectivity index (χ1n) is 10.1. The minimum atomic E-state index is -3.76. The predicted molar refractivity (Wildman–Crippen MR) is 123 cm³/mol. The summed E-state index contributed by atoms with van der Waals surface area (Å²) in [4.78, 5) is 31.5. The van der Waals surface area contributed by atoms with Crippen molar-refractivity contribution in [3.8, 4) is 0 Å². The van der Waals surface area contributed by atoms with E-state index in [1.165, 1.54) is 29.5 Å². The Kier molecular flexibility index (Phi) is 6.52. The van der Waals surface area contributed by atoms with Crippen molar-refractivity contribution in [2.45, 2.75) is 17.7 Å². The van der Waals surface area contributed by atoms with Crippen LogP contribution in [0.15, 0.2) is 71.1 Å². The lowest BCUT2D eigenvalue weighted by atomic mass is 9.96. The third kappa shape index (κ3) is 5.14. The summed E-state index contributed by atoms with van der Waals surface area (Å²) >= 11 is 1.34. The van der Waals surface area contributed by atoms with Gasteiger partial charge >= 0.3 is 0 Å². The van der Waals surface area contributed by atoms with E-state index in [-0.39, 0.29) is 22.6 Å². The molecule has 2 amide bonds. The van der Waals surface area contributed by atoms with Crippen LogP contribution in [0.5, 0.6) is 0 Å². The van der Waals surface area contributed by atoms with E-state index in [0.717, 1.165) is 0 Å². The van der Waals surface area contributed by atoms with Crippen LogP contribution in [0.1, 0.15) is 23.2 Å². The number of nitrogens with zero attached hydrogens (tertiary/aromatic N) is 2. The number of thiazole rings is 1. The monoisotopic (exact) mass is 470 g/mol. The first kappa shape index (κ1) is 22.0. The van der Waals surface area contributed by atoms with Crippen molar-refractivity contribution in [2.24, 2.45) is 5.92 Å². The van der Waals surface area contributed by atoms with Crippen molar-refractivity contribution < 1.29 is 18.0 Å². The van der Waals surface area contributed by atoms with Gasteiger partial charge in [-0.15, -0.1) is 11.3 Å². The maximum Gasteiger partial charge on any atom is 0.261 e. The van der Waals surface area contributed by atoms with Crippen molar-refractivity contribution >= 4 is 44.0 Å². The molecule has 2 N–H and O–H groups in total. The summed E-state index contributed by atoms with van der Waals surface area (Å²) in [7, 11) is -3.76. The van der Waals surface area contributed by atoms with E-state index >= 15 is 0 Å². The highest BCUT2D eigenvalue weighted by molar-refractivity contribution is 7.92. The predicted octanol–water partition coefficient (Wildman–Crippen LogP) is 3.43. The summed E-state index contributed by atoms with van der Waals surface area (Å²) < 4.78 is 27.7. The number of rotatable bonds is 6. The zero-order valence-corrected chi connectivity index (χ0v) is 18.7. The number of carbonyl (C=O) groups is 2. The molecule has 0 radical (unpaired) electrons. The first-order valence-corrected chi connectivity index (χ1v) is 12.5. The number of aromatic nitrogens is 1. The number of likely N-dealkylation sites (tertiary alicyclic amines) is 1. The third-order valence-electron chi connectivity index (χ3n) is 5.16. The molecule has 8 nitrogen and oxygen atoms in total. The van der Waals surface area contributed by atoms with Crippen molar-refractivity contribution in [3.63, 3.8) is 0 Å². The van der Waals surface area contributed by atoms with Gasteiger partial charge in [0.1, 0.15) is 0 Å². The van der Waals surface area contributed by atoms with Crippen molar-refractivity contribution in [1.82, 2.24) is 9.88 Å². The molecule has 1 atom stereocenters. The molecule has 1 fully saturated rings. The van der Waals surface area contributed by atoms with Crippen LogP contribution in [0.4, 0.5) is 10.8 Å². The summed E-state index contributed by atoms with van der Waals surface area (Å²) in [6.07, 6.45) is 3.02. The number of carbonyl (C=O) groups excluding carboxylic acids is 2. The second-order valence-electron chi connectivity index (χ2n) is 7.42. The molecule has 10 heteroatoms. The van der Waals surface area contributed by atoms with Crippen LogP contribution < -0.4 is 10.0 Å². The summed E-state index contributed by atoms with van der Waals surface area (Å²) in [5.41, 5.74) is 0.661. The normalized spacial score (nSPS) is 16.4. The van der Waals surface area contributed by atoms with Crippen LogP contribution in [-0.4, -0.2) is 43.2 Å². The molecular weight excluding hydrogens is 448 g/mol. The minimum absolute atomic E-state index is 0.141. The highest BCUT2D eigenvalue weighted by atomic mass is 32.2. The van der Waals surface area contributed by atoms with Gasteiger partial charge in [-0.25, -0.2) is 13.4 Å². The van der Waals surface area contributed by atoms with E-state index in [4.69, 9.17) is 0 Å². The Balaban J connectivity index is 1.44. The van der Waals surface area contributed by atoms with Crippen LogP contribution in [0.2, 0.25) is 0 Å². The van der Waals surface area contributed by atoms with Crippen LogP contribution >= 0.6 is 11.3 Å². The largest absolute Gasteiger partial charge is 0.338 e. The van der Waals surface area contributed by atoms with Crippen LogP contribution in [0.3, 0.4) is 0 Å². The lowest BCUT2D eigenvalue weighted by Crippen LogP contribution is -2.43. The highest BCUT2D eigenvalue weighted by Gasteiger charge is 2.29. The fraction of sp³-hybridized carbons (Fsp3) is 0.227.